The molecule has 1 aliphatic rings. The van der Waals surface area contributed by atoms with Crippen LogP contribution in [0.15, 0.2) is 53.4 Å². The van der Waals surface area contributed by atoms with Gasteiger partial charge in [-0.3, -0.25) is 4.79 Å². The van der Waals surface area contributed by atoms with Gasteiger partial charge in [-0.25, -0.2) is 8.42 Å². The van der Waals surface area contributed by atoms with E-state index in [1.165, 1.54) is 22.5 Å². The molecule has 2 aromatic carbocycles. The normalized spacial score (nSPS) is 18.1. The number of amides is 1. The first-order valence-electron chi connectivity index (χ1n) is 9.30. The average molecular weight is 453 g/mol. The molecule has 3 rings (SSSR count). The SMILES string of the molecule is C[C@@H]1CCCN(S(=O)(=O)c2ccc(NC(=O)/C=C/c3ccc(Cl)cc3Cl)cc2)C1. The van der Waals surface area contributed by atoms with Crippen LogP contribution in [0.1, 0.15) is 25.3 Å². The first-order valence-corrected chi connectivity index (χ1v) is 11.5. The van der Waals surface area contributed by atoms with Gasteiger partial charge in [-0.1, -0.05) is 36.2 Å². The van der Waals surface area contributed by atoms with E-state index in [4.69, 9.17) is 23.2 Å². The fourth-order valence-electron chi connectivity index (χ4n) is 3.21. The van der Waals surface area contributed by atoms with E-state index in [1.54, 1.807) is 36.4 Å². The van der Waals surface area contributed by atoms with Crippen molar-refractivity contribution in [2.24, 2.45) is 5.92 Å². The number of sulfonamides is 1. The standard InChI is InChI=1S/C21H22Cl2N2O3S/c1-15-3-2-12-25(14-15)29(27,28)19-9-7-18(8-10-19)24-21(26)11-5-16-4-6-17(22)13-20(16)23/h4-11,13,15H,2-3,12,14H2,1H3,(H,24,26)/b11-5+/t15-/m1/s1. The predicted molar refractivity (Wildman–Crippen MR) is 118 cm³/mol. The molecular formula is C21H22Cl2N2O3S. The van der Waals surface area contributed by atoms with E-state index in [0.29, 0.717) is 40.3 Å². The van der Waals surface area contributed by atoms with Crippen LogP contribution in [0.3, 0.4) is 0 Å². The van der Waals surface area contributed by atoms with Crippen LogP contribution in [0.25, 0.3) is 6.08 Å². The quantitative estimate of drug-likeness (QED) is 0.644. The van der Waals surface area contributed by atoms with E-state index in [-0.39, 0.29) is 10.8 Å². The minimum atomic E-state index is -3.51. The van der Waals surface area contributed by atoms with E-state index in [2.05, 4.69) is 12.2 Å². The van der Waals surface area contributed by atoms with Gasteiger partial charge in [0.25, 0.3) is 0 Å². The Morgan fingerprint density at radius 3 is 2.55 bits per heavy atom. The number of anilines is 1. The van der Waals surface area contributed by atoms with Crippen LogP contribution in [0, 0.1) is 5.92 Å². The molecule has 1 N–H and O–H groups in total. The van der Waals surface area contributed by atoms with Gasteiger partial charge in [-0.15, -0.1) is 0 Å². The molecule has 1 saturated heterocycles. The molecule has 1 fully saturated rings. The van der Waals surface area contributed by atoms with Gasteiger partial charge in [0, 0.05) is 34.9 Å². The number of hydrogen-bond donors (Lipinski definition) is 1. The smallest absolute Gasteiger partial charge is 0.248 e. The van der Waals surface area contributed by atoms with E-state index >= 15 is 0 Å². The monoisotopic (exact) mass is 452 g/mol. The number of nitrogens with zero attached hydrogens (tertiary/aromatic N) is 1. The highest BCUT2D eigenvalue weighted by Crippen LogP contribution is 2.25. The Labute approximate surface area is 181 Å². The molecule has 0 unspecified atom stereocenters. The molecule has 5 nitrogen and oxygen atoms in total. The van der Waals surface area contributed by atoms with Crippen molar-refractivity contribution in [1.82, 2.24) is 4.31 Å². The zero-order valence-electron chi connectivity index (χ0n) is 15.9. The van der Waals surface area contributed by atoms with Crippen molar-refractivity contribution in [2.45, 2.75) is 24.7 Å². The molecule has 2 aromatic rings. The molecular weight excluding hydrogens is 431 g/mol. The van der Waals surface area contributed by atoms with Crippen molar-refractivity contribution in [2.75, 3.05) is 18.4 Å². The molecule has 1 amide bonds. The van der Waals surface area contributed by atoms with Crippen LogP contribution in [-0.2, 0) is 14.8 Å². The van der Waals surface area contributed by atoms with Gasteiger partial charge in [0.1, 0.15) is 0 Å². The molecule has 0 radical (unpaired) electrons. The minimum absolute atomic E-state index is 0.230. The number of nitrogens with one attached hydrogen (secondary N) is 1. The van der Waals surface area contributed by atoms with Crippen LogP contribution in [-0.4, -0.2) is 31.7 Å². The van der Waals surface area contributed by atoms with Crippen LogP contribution < -0.4 is 5.32 Å². The fraction of sp³-hybridized carbons (Fsp3) is 0.286. The maximum Gasteiger partial charge on any atom is 0.248 e. The number of piperidine rings is 1. The topological polar surface area (TPSA) is 66.5 Å². The first kappa shape index (κ1) is 21.8. The number of benzene rings is 2. The highest BCUT2D eigenvalue weighted by atomic mass is 35.5. The summed E-state index contributed by atoms with van der Waals surface area (Å²) in [7, 11) is -3.51. The molecule has 1 aliphatic heterocycles. The largest absolute Gasteiger partial charge is 0.323 e. The van der Waals surface area contributed by atoms with Crippen LogP contribution in [0.4, 0.5) is 5.69 Å². The Morgan fingerprint density at radius 2 is 1.90 bits per heavy atom. The third kappa shape index (κ3) is 5.60. The maximum absolute atomic E-state index is 12.8. The van der Waals surface area contributed by atoms with E-state index in [1.807, 2.05) is 0 Å². The zero-order chi connectivity index (χ0) is 21.0. The Kier molecular flexibility index (Phi) is 7.01. The van der Waals surface area contributed by atoms with Crippen molar-refractivity contribution in [3.8, 4) is 0 Å². The summed E-state index contributed by atoms with van der Waals surface area (Å²) in [5.74, 6) is 0.00879. The first-order chi connectivity index (χ1) is 13.8. The van der Waals surface area contributed by atoms with Gasteiger partial charge >= 0.3 is 0 Å². The number of halogens is 2. The number of rotatable bonds is 5. The van der Waals surface area contributed by atoms with Crippen molar-refractivity contribution >= 4 is 50.9 Å². The third-order valence-corrected chi connectivity index (χ3v) is 7.20. The lowest BCUT2D eigenvalue weighted by Crippen LogP contribution is -2.39. The summed E-state index contributed by atoms with van der Waals surface area (Å²) in [6.07, 6.45) is 4.86. The Morgan fingerprint density at radius 1 is 1.17 bits per heavy atom. The van der Waals surface area contributed by atoms with Gasteiger partial charge in [-0.05, 0) is 66.8 Å². The predicted octanol–water partition coefficient (Wildman–Crippen LogP) is 5.07. The summed E-state index contributed by atoms with van der Waals surface area (Å²) in [6.45, 7) is 3.15. The second-order valence-electron chi connectivity index (χ2n) is 7.12. The lowest BCUT2D eigenvalue weighted by molar-refractivity contribution is -0.111. The molecule has 1 heterocycles. The van der Waals surface area contributed by atoms with Crippen LogP contribution >= 0.6 is 23.2 Å². The van der Waals surface area contributed by atoms with Crippen molar-refractivity contribution in [3.05, 3.63) is 64.1 Å². The molecule has 0 spiro atoms. The summed E-state index contributed by atoms with van der Waals surface area (Å²) >= 11 is 11.9. The molecule has 0 bridgehead atoms. The second kappa shape index (κ2) is 9.30. The molecule has 0 aliphatic carbocycles. The van der Waals surface area contributed by atoms with Gasteiger partial charge in [0.2, 0.25) is 15.9 Å². The summed E-state index contributed by atoms with van der Waals surface area (Å²) in [5, 5.41) is 3.67. The van der Waals surface area contributed by atoms with Gasteiger partial charge in [0.05, 0.1) is 4.90 Å². The van der Waals surface area contributed by atoms with Gasteiger partial charge in [-0.2, -0.15) is 4.31 Å². The number of carbonyl (C=O) groups is 1. The van der Waals surface area contributed by atoms with Crippen molar-refractivity contribution < 1.29 is 13.2 Å². The van der Waals surface area contributed by atoms with E-state index < -0.39 is 10.0 Å². The lowest BCUT2D eigenvalue weighted by atomic mass is 10.0. The molecule has 29 heavy (non-hydrogen) atoms. The number of hydrogen-bond acceptors (Lipinski definition) is 3. The average Bonchev–Trinajstić information content (AvgIpc) is 2.68. The highest BCUT2D eigenvalue weighted by molar-refractivity contribution is 7.89. The summed E-state index contributed by atoms with van der Waals surface area (Å²) in [4.78, 5) is 12.4. The molecule has 0 saturated carbocycles. The van der Waals surface area contributed by atoms with Crippen LogP contribution in [0.2, 0.25) is 10.0 Å². The Balaban J connectivity index is 1.65. The summed E-state index contributed by atoms with van der Waals surface area (Å²) in [5.41, 5.74) is 1.18. The van der Waals surface area contributed by atoms with E-state index in [0.717, 1.165) is 12.8 Å². The second-order valence-corrected chi connectivity index (χ2v) is 9.90. The fourth-order valence-corrected chi connectivity index (χ4v) is 5.28. The Bertz CT molecular complexity index is 1020. The number of carbonyl (C=O) groups excluding carboxylic acids is 1. The molecule has 8 heteroatoms. The van der Waals surface area contributed by atoms with Gasteiger partial charge in [0.15, 0.2) is 0 Å². The molecule has 1 atom stereocenters. The lowest BCUT2D eigenvalue weighted by Gasteiger charge is -2.30. The third-order valence-electron chi connectivity index (χ3n) is 4.76. The Hall–Kier alpha value is -1.86. The van der Waals surface area contributed by atoms with Crippen LogP contribution in [0.5, 0.6) is 0 Å². The summed E-state index contributed by atoms with van der Waals surface area (Å²) in [6, 6.07) is 11.2. The minimum Gasteiger partial charge on any atom is -0.323 e. The van der Waals surface area contributed by atoms with Gasteiger partial charge < -0.3 is 5.32 Å². The van der Waals surface area contributed by atoms with Crippen molar-refractivity contribution in [1.29, 1.82) is 0 Å². The molecule has 154 valence electrons. The van der Waals surface area contributed by atoms with Crippen molar-refractivity contribution in [3.63, 3.8) is 0 Å². The maximum atomic E-state index is 12.8. The zero-order valence-corrected chi connectivity index (χ0v) is 18.3. The molecule has 0 aromatic heterocycles. The van der Waals surface area contributed by atoms with E-state index in [9.17, 15) is 13.2 Å². The summed E-state index contributed by atoms with van der Waals surface area (Å²) < 4.78 is 27.1. The highest BCUT2D eigenvalue weighted by Gasteiger charge is 2.28.